The molecule has 0 unspecified atom stereocenters. The van der Waals surface area contributed by atoms with Crippen LogP contribution >= 0.6 is 0 Å². The number of carbonyl (C=O) groups excluding carboxylic acids is 1. The van der Waals surface area contributed by atoms with Crippen LogP contribution in [0.3, 0.4) is 0 Å². The fraction of sp³-hybridized carbons (Fsp3) is 0.818. The predicted molar refractivity (Wildman–Crippen MR) is 70.7 cm³/mol. The molecule has 1 fully saturated rings. The van der Waals surface area contributed by atoms with Crippen molar-refractivity contribution in [3.05, 3.63) is 0 Å². The van der Waals surface area contributed by atoms with Gasteiger partial charge in [-0.15, -0.1) is 0 Å². The number of nitrogens with zero attached hydrogens (tertiary/aromatic N) is 2. The number of sulfonamides is 1. The Morgan fingerprint density at radius 3 is 2.58 bits per heavy atom. The first kappa shape index (κ1) is 15.9. The van der Waals surface area contributed by atoms with E-state index in [2.05, 4.69) is 10.6 Å². The molecule has 8 heteroatoms. The highest BCUT2D eigenvalue weighted by Gasteiger charge is 2.24. The molecule has 7 nitrogen and oxygen atoms in total. The van der Waals surface area contributed by atoms with E-state index >= 15 is 0 Å². The summed E-state index contributed by atoms with van der Waals surface area (Å²) in [5.41, 5.74) is 0. The van der Waals surface area contributed by atoms with Crippen LogP contribution in [0, 0.1) is 11.3 Å². The van der Waals surface area contributed by atoms with Crippen molar-refractivity contribution < 1.29 is 13.2 Å². The summed E-state index contributed by atoms with van der Waals surface area (Å²) < 4.78 is 24.1. The highest BCUT2D eigenvalue weighted by atomic mass is 32.2. The van der Waals surface area contributed by atoms with Crippen LogP contribution < -0.4 is 10.6 Å². The van der Waals surface area contributed by atoms with Gasteiger partial charge in [0, 0.05) is 25.7 Å². The van der Waals surface area contributed by atoms with Gasteiger partial charge in [-0.05, 0) is 12.8 Å². The van der Waals surface area contributed by atoms with Crippen LogP contribution in [0.4, 0.5) is 0 Å². The third-order valence-corrected chi connectivity index (χ3v) is 4.34. The second kappa shape index (κ2) is 7.43. The van der Waals surface area contributed by atoms with Gasteiger partial charge in [0.2, 0.25) is 15.9 Å². The first-order chi connectivity index (χ1) is 8.93. The molecule has 0 aliphatic carbocycles. The maximum absolute atomic E-state index is 11.4. The fourth-order valence-corrected chi connectivity index (χ4v) is 2.82. The van der Waals surface area contributed by atoms with Crippen molar-refractivity contribution in [1.82, 2.24) is 14.9 Å². The van der Waals surface area contributed by atoms with E-state index in [0.717, 1.165) is 0 Å². The normalized spacial score (nSPS) is 17.9. The van der Waals surface area contributed by atoms with Gasteiger partial charge >= 0.3 is 0 Å². The van der Waals surface area contributed by atoms with Gasteiger partial charge in [0.05, 0.1) is 25.3 Å². The summed E-state index contributed by atoms with van der Waals surface area (Å²) in [5.74, 6) is -0.138. The number of rotatable bonds is 6. The van der Waals surface area contributed by atoms with Gasteiger partial charge < -0.3 is 10.6 Å². The van der Waals surface area contributed by atoms with Crippen molar-refractivity contribution in [3.8, 4) is 6.07 Å². The number of nitriles is 1. The van der Waals surface area contributed by atoms with E-state index in [-0.39, 0.29) is 18.5 Å². The first-order valence-electron chi connectivity index (χ1n) is 6.25. The molecule has 0 saturated carbocycles. The van der Waals surface area contributed by atoms with Crippen molar-refractivity contribution in [1.29, 1.82) is 5.26 Å². The minimum atomic E-state index is -3.10. The average molecular weight is 288 g/mol. The summed E-state index contributed by atoms with van der Waals surface area (Å²) >= 11 is 0. The van der Waals surface area contributed by atoms with E-state index in [1.807, 2.05) is 6.07 Å². The molecular weight excluding hydrogens is 268 g/mol. The highest BCUT2D eigenvalue weighted by molar-refractivity contribution is 7.88. The lowest BCUT2D eigenvalue weighted by Gasteiger charge is -2.30. The molecule has 0 aromatic rings. The zero-order chi connectivity index (χ0) is 14.3. The molecule has 1 heterocycles. The summed E-state index contributed by atoms with van der Waals surface area (Å²) in [6.07, 6.45) is 2.93. The Morgan fingerprint density at radius 2 is 2.05 bits per heavy atom. The Kier molecular flexibility index (Phi) is 6.21. The van der Waals surface area contributed by atoms with Crippen LogP contribution in [0.15, 0.2) is 0 Å². The van der Waals surface area contributed by atoms with Crippen LogP contribution in [0.5, 0.6) is 0 Å². The lowest BCUT2D eigenvalue weighted by Crippen LogP contribution is -2.47. The van der Waals surface area contributed by atoms with Crippen LogP contribution in [0.1, 0.15) is 19.3 Å². The molecule has 2 N–H and O–H groups in total. The topological polar surface area (TPSA) is 102 Å². The molecule has 0 radical (unpaired) electrons. The molecule has 1 amide bonds. The Balaban J connectivity index is 2.20. The zero-order valence-corrected chi connectivity index (χ0v) is 11.9. The number of piperidine rings is 1. The van der Waals surface area contributed by atoms with Crippen molar-refractivity contribution in [3.63, 3.8) is 0 Å². The van der Waals surface area contributed by atoms with E-state index in [9.17, 15) is 13.2 Å². The molecule has 0 atom stereocenters. The molecule has 1 aliphatic heterocycles. The monoisotopic (exact) mass is 288 g/mol. The van der Waals surface area contributed by atoms with Gasteiger partial charge in [0.25, 0.3) is 0 Å². The minimum Gasteiger partial charge on any atom is -0.354 e. The molecule has 108 valence electrons. The summed E-state index contributed by atoms with van der Waals surface area (Å²) in [6, 6.07) is 2.12. The smallest absolute Gasteiger partial charge is 0.233 e. The van der Waals surface area contributed by atoms with Gasteiger partial charge in [-0.2, -0.15) is 5.26 Å². The van der Waals surface area contributed by atoms with Gasteiger partial charge in [-0.25, -0.2) is 12.7 Å². The maximum Gasteiger partial charge on any atom is 0.233 e. The van der Waals surface area contributed by atoms with E-state index in [4.69, 9.17) is 5.26 Å². The lowest BCUT2D eigenvalue weighted by molar-refractivity contribution is -0.120. The maximum atomic E-state index is 11.4. The summed E-state index contributed by atoms with van der Waals surface area (Å²) in [4.78, 5) is 11.4. The van der Waals surface area contributed by atoms with Gasteiger partial charge in [0.15, 0.2) is 0 Å². The van der Waals surface area contributed by atoms with Crippen LogP contribution in [0.25, 0.3) is 0 Å². The molecule has 1 aliphatic rings. The number of amides is 1. The number of carbonyl (C=O) groups is 1. The molecule has 0 spiro atoms. The second-order valence-corrected chi connectivity index (χ2v) is 6.56. The fourth-order valence-electron chi connectivity index (χ4n) is 1.95. The Morgan fingerprint density at radius 1 is 1.42 bits per heavy atom. The largest absolute Gasteiger partial charge is 0.354 e. The van der Waals surface area contributed by atoms with Gasteiger partial charge in [-0.1, -0.05) is 0 Å². The number of hydrogen-bond acceptors (Lipinski definition) is 5. The third kappa shape index (κ3) is 6.00. The minimum absolute atomic E-state index is 0.138. The standard InChI is InChI=1S/C11H20N4O3S/c1-19(17,18)15-7-3-10(4-8-15)14-9-11(16)13-6-2-5-12/h10,14H,2-4,6-9H2,1H3,(H,13,16). The molecular formula is C11H20N4O3S. The lowest BCUT2D eigenvalue weighted by atomic mass is 10.1. The van der Waals surface area contributed by atoms with Crippen LogP contribution in [-0.2, 0) is 14.8 Å². The Labute approximate surface area is 114 Å². The third-order valence-electron chi connectivity index (χ3n) is 3.03. The predicted octanol–water partition coefficient (Wildman–Crippen LogP) is -0.970. The second-order valence-electron chi connectivity index (χ2n) is 4.58. The summed E-state index contributed by atoms with van der Waals surface area (Å²) in [5, 5.41) is 14.1. The number of hydrogen-bond donors (Lipinski definition) is 2. The van der Waals surface area contributed by atoms with E-state index in [0.29, 0.717) is 38.9 Å². The zero-order valence-electron chi connectivity index (χ0n) is 11.1. The average Bonchev–Trinajstić information content (AvgIpc) is 2.36. The van der Waals surface area contributed by atoms with E-state index in [1.54, 1.807) is 0 Å². The van der Waals surface area contributed by atoms with Crippen molar-refractivity contribution in [2.75, 3.05) is 32.4 Å². The highest BCUT2D eigenvalue weighted by Crippen LogP contribution is 2.12. The van der Waals surface area contributed by atoms with Gasteiger partial charge in [-0.3, -0.25) is 4.79 Å². The van der Waals surface area contributed by atoms with E-state index in [1.165, 1.54) is 10.6 Å². The SMILES string of the molecule is CS(=O)(=O)N1CCC(NCC(=O)NCCC#N)CC1. The Bertz CT molecular complexity index is 435. The van der Waals surface area contributed by atoms with Crippen molar-refractivity contribution in [2.24, 2.45) is 0 Å². The molecule has 1 saturated heterocycles. The van der Waals surface area contributed by atoms with Crippen LogP contribution in [-0.4, -0.2) is 57.1 Å². The quantitative estimate of drug-likeness (QED) is 0.612. The Hall–Kier alpha value is -1.17. The molecule has 19 heavy (non-hydrogen) atoms. The van der Waals surface area contributed by atoms with Gasteiger partial charge in [0.1, 0.15) is 0 Å². The summed E-state index contributed by atoms with van der Waals surface area (Å²) in [7, 11) is -3.10. The van der Waals surface area contributed by atoms with E-state index < -0.39 is 10.0 Å². The van der Waals surface area contributed by atoms with Crippen molar-refractivity contribution in [2.45, 2.75) is 25.3 Å². The van der Waals surface area contributed by atoms with Crippen LogP contribution in [0.2, 0.25) is 0 Å². The van der Waals surface area contributed by atoms with Crippen molar-refractivity contribution >= 4 is 15.9 Å². The molecule has 0 aromatic carbocycles. The molecule has 1 rings (SSSR count). The first-order valence-corrected chi connectivity index (χ1v) is 8.10. The molecule has 0 aromatic heterocycles. The number of nitrogens with one attached hydrogen (secondary N) is 2. The summed E-state index contributed by atoms with van der Waals surface area (Å²) in [6.45, 7) is 1.55. The molecule has 0 bridgehead atoms.